The highest BCUT2D eigenvalue weighted by Gasteiger charge is 2.81. The highest BCUT2D eigenvalue weighted by Crippen LogP contribution is 2.80. The first kappa shape index (κ1) is 10.8. The van der Waals surface area contributed by atoms with Crippen molar-refractivity contribution in [2.75, 3.05) is 0 Å². The molecule has 90 valence electrons. The van der Waals surface area contributed by atoms with Gasteiger partial charge in [-0.1, -0.05) is 32.9 Å². The standard InChI is InChI=1S/C15H25N/c1-9(2)12-6-5-11(4)14-8-7-10(3)13(14)15(12,14)16/h9,11-13H,3,5-8,16H2,1-2,4H3/t11-,12+,13?,14?,15+/m0/s1. The molecule has 0 aromatic carbocycles. The molecule has 0 bridgehead atoms. The largest absolute Gasteiger partial charge is 0.324 e. The zero-order valence-corrected chi connectivity index (χ0v) is 10.9. The van der Waals surface area contributed by atoms with E-state index in [9.17, 15) is 0 Å². The van der Waals surface area contributed by atoms with Gasteiger partial charge in [-0.25, -0.2) is 0 Å². The van der Waals surface area contributed by atoms with Crippen LogP contribution in [0.5, 0.6) is 0 Å². The molecule has 0 aromatic rings. The first-order valence-electron chi connectivity index (χ1n) is 6.92. The number of fused-ring (bicyclic) bond motifs is 1. The van der Waals surface area contributed by atoms with Crippen molar-refractivity contribution in [3.05, 3.63) is 12.2 Å². The van der Waals surface area contributed by atoms with Gasteiger partial charge in [0.15, 0.2) is 0 Å². The van der Waals surface area contributed by atoms with Crippen LogP contribution >= 0.6 is 0 Å². The van der Waals surface area contributed by atoms with E-state index in [1.807, 2.05) is 0 Å². The summed E-state index contributed by atoms with van der Waals surface area (Å²) in [6, 6.07) is 0. The van der Waals surface area contributed by atoms with Crippen molar-refractivity contribution in [3.63, 3.8) is 0 Å². The van der Waals surface area contributed by atoms with E-state index in [-0.39, 0.29) is 5.54 Å². The molecule has 0 heterocycles. The van der Waals surface area contributed by atoms with E-state index >= 15 is 0 Å². The summed E-state index contributed by atoms with van der Waals surface area (Å²) in [6.45, 7) is 11.4. The molecule has 3 fully saturated rings. The minimum Gasteiger partial charge on any atom is -0.324 e. The second-order valence-electron chi connectivity index (χ2n) is 6.89. The molecule has 5 atom stereocenters. The fraction of sp³-hybridized carbons (Fsp3) is 0.867. The van der Waals surface area contributed by atoms with Crippen LogP contribution in [-0.4, -0.2) is 5.54 Å². The van der Waals surface area contributed by atoms with Crippen molar-refractivity contribution >= 4 is 0 Å². The van der Waals surface area contributed by atoms with Crippen molar-refractivity contribution in [2.24, 2.45) is 34.8 Å². The molecule has 3 aliphatic rings. The first-order valence-corrected chi connectivity index (χ1v) is 6.92. The average Bonchev–Trinajstić information content (AvgIpc) is 2.57. The van der Waals surface area contributed by atoms with Crippen LogP contribution in [-0.2, 0) is 0 Å². The van der Waals surface area contributed by atoms with Gasteiger partial charge in [0.1, 0.15) is 0 Å². The van der Waals surface area contributed by atoms with Gasteiger partial charge in [-0.05, 0) is 43.4 Å². The van der Waals surface area contributed by atoms with E-state index in [0.717, 1.165) is 17.8 Å². The molecule has 2 unspecified atom stereocenters. The Labute approximate surface area is 99.5 Å². The Morgan fingerprint density at radius 2 is 2.06 bits per heavy atom. The second-order valence-corrected chi connectivity index (χ2v) is 6.89. The van der Waals surface area contributed by atoms with Crippen LogP contribution in [0.4, 0.5) is 0 Å². The van der Waals surface area contributed by atoms with Gasteiger partial charge >= 0.3 is 0 Å². The third-order valence-electron chi connectivity index (χ3n) is 6.19. The molecule has 0 saturated heterocycles. The highest BCUT2D eigenvalue weighted by atomic mass is 15.0. The van der Waals surface area contributed by atoms with Gasteiger partial charge in [0.05, 0.1) is 0 Å². The first-order chi connectivity index (χ1) is 7.46. The minimum absolute atomic E-state index is 0.119. The van der Waals surface area contributed by atoms with Gasteiger partial charge < -0.3 is 5.73 Å². The normalized spacial score (nSPS) is 55.1. The van der Waals surface area contributed by atoms with E-state index in [4.69, 9.17) is 5.73 Å². The summed E-state index contributed by atoms with van der Waals surface area (Å²) in [4.78, 5) is 0. The van der Waals surface area contributed by atoms with Crippen LogP contribution in [0.2, 0.25) is 0 Å². The van der Waals surface area contributed by atoms with Gasteiger partial charge in [0, 0.05) is 16.9 Å². The monoisotopic (exact) mass is 219 g/mol. The molecule has 0 radical (unpaired) electrons. The molecular formula is C15H25N. The van der Waals surface area contributed by atoms with E-state index in [1.54, 1.807) is 0 Å². The van der Waals surface area contributed by atoms with E-state index < -0.39 is 0 Å². The Morgan fingerprint density at radius 3 is 2.69 bits per heavy atom. The van der Waals surface area contributed by atoms with Gasteiger partial charge in [-0.15, -0.1) is 0 Å². The Balaban J connectivity index is 2.02. The van der Waals surface area contributed by atoms with Crippen molar-refractivity contribution < 1.29 is 0 Å². The van der Waals surface area contributed by atoms with Crippen molar-refractivity contribution in [1.82, 2.24) is 0 Å². The zero-order chi connectivity index (χ0) is 11.7. The molecule has 3 rings (SSSR count). The zero-order valence-electron chi connectivity index (χ0n) is 10.9. The minimum atomic E-state index is 0.119. The molecule has 16 heavy (non-hydrogen) atoms. The number of hydrogen-bond donors (Lipinski definition) is 1. The molecule has 0 amide bonds. The lowest BCUT2D eigenvalue weighted by atomic mass is 9.66. The quantitative estimate of drug-likeness (QED) is 0.672. The molecular weight excluding hydrogens is 194 g/mol. The summed E-state index contributed by atoms with van der Waals surface area (Å²) in [5.74, 6) is 2.93. The lowest BCUT2D eigenvalue weighted by Gasteiger charge is -2.41. The van der Waals surface area contributed by atoms with Crippen molar-refractivity contribution in [2.45, 2.75) is 52.0 Å². The Hall–Kier alpha value is -0.300. The second kappa shape index (κ2) is 2.93. The van der Waals surface area contributed by atoms with Crippen molar-refractivity contribution in [3.8, 4) is 0 Å². The Bertz CT molecular complexity index is 345. The summed E-state index contributed by atoms with van der Waals surface area (Å²) >= 11 is 0. The summed E-state index contributed by atoms with van der Waals surface area (Å²) in [5, 5.41) is 0. The summed E-state index contributed by atoms with van der Waals surface area (Å²) < 4.78 is 0. The van der Waals surface area contributed by atoms with Crippen LogP contribution in [0.1, 0.15) is 46.5 Å². The summed E-state index contributed by atoms with van der Waals surface area (Å²) in [6.07, 6.45) is 5.27. The molecule has 0 aromatic heterocycles. The average molecular weight is 219 g/mol. The van der Waals surface area contributed by atoms with Gasteiger partial charge in [0.25, 0.3) is 0 Å². The van der Waals surface area contributed by atoms with Gasteiger partial charge in [0.2, 0.25) is 0 Å². The van der Waals surface area contributed by atoms with Crippen LogP contribution in [0, 0.1) is 29.1 Å². The lowest BCUT2D eigenvalue weighted by Crippen LogP contribution is -2.48. The molecule has 3 saturated carbocycles. The van der Waals surface area contributed by atoms with E-state index in [2.05, 4.69) is 27.4 Å². The molecule has 1 heteroatoms. The lowest BCUT2D eigenvalue weighted by molar-refractivity contribution is 0.118. The van der Waals surface area contributed by atoms with E-state index in [0.29, 0.717) is 11.3 Å². The maximum Gasteiger partial charge on any atom is 0.0323 e. The maximum atomic E-state index is 6.86. The third kappa shape index (κ3) is 0.895. The smallest absolute Gasteiger partial charge is 0.0323 e. The van der Waals surface area contributed by atoms with Crippen LogP contribution in [0.15, 0.2) is 12.2 Å². The Kier molecular flexibility index (Phi) is 1.98. The molecule has 3 aliphatic carbocycles. The van der Waals surface area contributed by atoms with Crippen LogP contribution < -0.4 is 5.73 Å². The maximum absolute atomic E-state index is 6.86. The molecule has 1 spiro atoms. The topological polar surface area (TPSA) is 26.0 Å². The number of rotatable bonds is 1. The van der Waals surface area contributed by atoms with Crippen molar-refractivity contribution in [1.29, 1.82) is 0 Å². The van der Waals surface area contributed by atoms with E-state index in [1.165, 1.54) is 31.3 Å². The SMILES string of the molecule is C=C1CCC23C1[C@]2(N)[C@@H](C(C)C)CC[C@@H]3C. The summed E-state index contributed by atoms with van der Waals surface area (Å²) in [7, 11) is 0. The highest BCUT2D eigenvalue weighted by molar-refractivity contribution is 5.43. The van der Waals surface area contributed by atoms with Gasteiger partial charge in [-0.2, -0.15) is 0 Å². The number of nitrogens with two attached hydrogens (primary N) is 1. The van der Waals surface area contributed by atoms with Gasteiger partial charge in [-0.3, -0.25) is 0 Å². The number of hydrogen-bond acceptors (Lipinski definition) is 1. The molecule has 2 N–H and O–H groups in total. The fourth-order valence-electron chi connectivity index (χ4n) is 5.51. The third-order valence-corrected chi connectivity index (χ3v) is 6.19. The van der Waals surface area contributed by atoms with Crippen LogP contribution in [0.25, 0.3) is 0 Å². The molecule has 0 aliphatic heterocycles. The fourth-order valence-corrected chi connectivity index (χ4v) is 5.51. The molecule has 1 nitrogen and oxygen atoms in total. The summed E-state index contributed by atoms with van der Waals surface area (Å²) in [5.41, 5.74) is 8.89. The predicted octanol–water partition coefficient (Wildman–Crippen LogP) is 3.35. The Morgan fingerprint density at radius 1 is 1.38 bits per heavy atom. The predicted molar refractivity (Wildman–Crippen MR) is 67.9 cm³/mol. The van der Waals surface area contributed by atoms with Crippen LogP contribution in [0.3, 0.4) is 0 Å².